The molecule has 160 valence electrons. The molecule has 2 aromatic carbocycles. The van der Waals surface area contributed by atoms with Crippen LogP contribution in [0.15, 0.2) is 41.5 Å². The maximum atomic E-state index is 12.3. The maximum Gasteiger partial charge on any atom is 0.259 e. The first kappa shape index (κ1) is 22.5. The van der Waals surface area contributed by atoms with Crippen molar-refractivity contribution >= 4 is 17.5 Å². The second-order valence-corrected chi connectivity index (χ2v) is 6.05. The highest BCUT2D eigenvalue weighted by Gasteiger charge is 2.12. The molecule has 0 bridgehead atoms. The molecule has 2 amide bonds. The molecule has 30 heavy (non-hydrogen) atoms. The van der Waals surface area contributed by atoms with E-state index in [9.17, 15) is 9.59 Å². The van der Waals surface area contributed by atoms with Gasteiger partial charge in [-0.15, -0.1) is 0 Å². The third-order valence-corrected chi connectivity index (χ3v) is 4.20. The van der Waals surface area contributed by atoms with Gasteiger partial charge in [0, 0.05) is 17.2 Å². The molecule has 0 aliphatic rings. The Labute approximate surface area is 175 Å². The van der Waals surface area contributed by atoms with E-state index in [0.29, 0.717) is 39.8 Å². The van der Waals surface area contributed by atoms with Crippen molar-refractivity contribution in [3.63, 3.8) is 0 Å². The van der Waals surface area contributed by atoms with E-state index in [0.717, 1.165) is 0 Å². The molecule has 0 heterocycles. The fourth-order valence-electron chi connectivity index (χ4n) is 2.58. The number of methoxy groups -OCH3 is 4. The molecule has 2 rings (SSSR count). The van der Waals surface area contributed by atoms with Crippen molar-refractivity contribution in [2.75, 3.05) is 35.0 Å². The lowest BCUT2D eigenvalue weighted by Gasteiger charge is -2.11. The van der Waals surface area contributed by atoms with Gasteiger partial charge in [0.25, 0.3) is 11.8 Å². The lowest BCUT2D eigenvalue weighted by atomic mass is 10.1. The van der Waals surface area contributed by atoms with Crippen LogP contribution in [0.2, 0.25) is 0 Å². The van der Waals surface area contributed by atoms with Crippen LogP contribution in [0, 0.1) is 0 Å². The predicted molar refractivity (Wildman–Crippen MR) is 112 cm³/mol. The first-order valence-corrected chi connectivity index (χ1v) is 8.99. The van der Waals surface area contributed by atoms with Crippen molar-refractivity contribution < 1.29 is 28.5 Å². The summed E-state index contributed by atoms with van der Waals surface area (Å²) in [5, 5.41) is 6.60. The molecule has 9 nitrogen and oxygen atoms in total. The van der Waals surface area contributed by atoms with Gasteiger partial charge in [0.05, 0.1) is 40.7 Å². The van der Waals surface area contributed by atoms with Gasteiger partial charge in [-0.05, 0) is 37.3 Å². The Kier molecular flexibility index (Phi) is 8.04. The number of hydrogen-bond acceptors (Lipinski definition) is 7. The van der Waals surface area contributed by atoms with Gasteiger partial charge in [0.1, 0.15) is 11.5 Å². The molecule has 9 heteroatoms. The molecule has 2 N–H and O–H groups in total. The Morgan fingerprint density at radius 2 is 1.57 bits per heavy atom. The molecule has 0 atom stereocenters. The molecule has 0 aliphatic carbocycles. The Morgan fingerprint density at radius 3 is 2.20 bits per heavy atom. The van der Waals surface area contributed by atoms with E-state index in [1.54, 1.807) is 44.4 Å². The minimum atomic E-state index is -0.476. The van der Waals surface area contributed by atoms with E-state index in [2.05, 4.69) is 15.8 Å². The van der Waals surface area contributed by atoms with E-state index in [1.807, 2.05) is 0 Å². The first-order valence-electron chi connectivity index (χ1n) is 8.99. The maximum absolute atomic E-state index is 12.3. The number of carbonyl (C=O) groups excluding carboxylic acids is 2. The molecule has 0 saturated heterocycles. The summed E-state index contributed by atoms with van der Waals surface area (Å²) in [5.74, 6) is 1.23. The second-order valence-electron chi connectivity index (χ2n) is 6.05. The highest BCUT2D eigenvalue weighted by molar-refractivity contribution is 6.02. The van der Waals surface area contributed by atoms with Gasteiger partial charge in [-0.25, -0.2) is 5.43 Å². The third-order valence-electron chi connectivity index (χ3n) is 4.20. The molecule has 0 fully saturated rings. The zero-order chi connectivity index (χ0) is 22.1. The average Bonchev–Trinajstić information content (AvgIpc) is 2.79. The molecule has 0 spiro atoms. The Bertz CT molecular complexity index is 942. The van der Waals surface area contributed by atoms with Crippen molar-refractivity contribution in [3.8, 4) is 23.0 Å². The lowest BCUT2D eigenvalue weighted by molar-refractivity contribution is -0.120. The quantitative estimate of drug-likeness (QED) is 0.479. The van der Waals surface area contributed by atoms with Crippen molar-refractivity contribution in [3.05, 3.63) is 47.5 Å². The summed E-state index contributed by atoms with van der Waals surface area (Å²) >= 11 is 0. The van der Waals surface area contributed by atoms with Crippen LogP contribution in [0.3, 0.4) is 0 Å². The van der Waals surface area contributed by atoms with E-state index < -0.39 is 11.8 Å². The van der Waals surface area contributed by atoms with E-state index in [-0.39, 0.29) is 6.54 Å². The van der Waals surface area contributed by atoms with Crippen molar-refractivity contribution in [1.82, 2.24) is 10.7 Å². The van der Waals surface area contributed by atoms with Crippen molar-refractivity contribution in [2.45, 2.75) is 6.92 Å². The summed E-state index contributed by atoms with van der Waals surface area (Å²) in [7, 11) is 6.08. The second kappa shape index (κ2) is 10.7. The largest absolute Gasteiger partial charge is 0.497 e. The van der Waals surface area contributed by atoms with Crippen LogP contribution in [0.25, 0.3) is 0 Å². The zero-order valence-corrected chi connectivity index (χ0v) is 17.6. The normalized spacial score (nSPS) is 10.8. The minimum absolute atomic E-state index is 0.246. The summed E-state index contributed by atoms with van der Waals surface area (Å²) in [6.07, 6.45) is 0. The van der Waals surface area contributed by atoms with Gasteiger partial charge >= 0.3 is 0 Å². The van der Waals surface area contributed by atoms with Crippen LogP contribution in [0.5, 0.6) is 23.0 Å². The summed E-state index contributed by atoms with van der Waals surface area (Å²) in [5.41, 5.74) is 3.99. The van der Waals surface area contributed by atoms with Gasteiger partial charge in [0.15, 0.2) is 11.5 Å². The smallest absolute Gasteiger partial charge is 0.259 e. The predicted octanol–water partition coefficient (Wildman–Crippen LogP) is 1.99. The first-order chi connectivity index (χ1) is 14.4. The Hall–Kier alpha value is -3.75. The number of amides is 2. The summed E-state index contributed by atoms with van der Waals surface area (Å²) in [4.78, 5) is 24.3. The molecule has 0 aliphatic heterocycles. The number of hydrazone groups is 1. The molecule has 0 saturated carbocycles. The van der Waals surface area contributed by atoms with Crippen molar-refractivity contribution in [2.24, 2.45) is 5.10 Å². The standard InChI is InChI=1S/C21H25N3O6/c1-13(16-8-7-15(27-2)11-18(16)29-4)23-24-20(25)12-22-21(26)14-6-9-17(28-3)19(10-14)30-5/h6-11H,12H2,1-5H3,(H,22,26)(H,24,25)/b23-13-. The number of rotatable bonds is 9. The van der Waals surface area contributed by atoms with Gasteiger partial charge in [-0.1, -0.05) is 0 Å². The molecular weight excluding hydrogens is 390 g/mol. The van der Waals surface area contributed by atoms with Crippen LogP contribution < -0.4 is 29.7 Å². The number of nitrogens with zero attached hydrogens (tertiary/aromatic N) is 1. The topological polar surface area (TPSA) is 107 Å². The molecular formula is C21H25N3O6. The summed E-state index contributed by atoms with van der Waals surface area (Å²) < 4.78 is 20.8. The molecule has 0 aromatic heterocycles. The molecule has 0 radical (unpaired) electrons. The van der Waals surface area contributed by atoms with Gasteiger partial charge in [-0.2, -0.15) is 5.10 Å². The number of ether oxygens (including phenoxy) is 4. The van der Waals surface area contributed by atoms with Crippen LogP contribution in [0.4, 0.5) is 0 Å². The van der Waals surface area contributed by atoms with Crippen LogP contribution in [-0.4, -0.2) is 52.5 Å². The van der Waals surface area contributed by atoms with Gasteiger partial charge < -0.3 is 24.3 Å². The Morgan fingerprint density at radius 1 is 0.867 bits per heavy atom. The fourth-order valence-corrected chi connectivity index (χ4v) is 2.58. The van der Waals surface area contributed by atoms with E-state index >= 15 is 0 Å². The lowest BCUT2D eigenvalue weighted by Crippen LogP contribution is -2.35. The number of carbonyl (C=O) groups is 2. The van der Waals surface area contributed by atoms with Gasteiger partial charge in [0.2, 0.25) is 0 Å². The SMILES string of the molecule is COc1ccc(/C(C)=N\NC(=O)CNC(=O)c2ccc(OC)c(OC)c2)c(OC)c1. The Balaban J connectivity index is 1.97. The fraction of sp³-hybridized carbons (Fsp3) is 0.286. The van der Waals surface area contributed by atoms with E-state index in [1.165, 1.54) is 27.4 Å². The zero-order valence-electron chi connectivity index (χ0n) is 17.6. The number of benzene rings is 2. The summed E-state index contributed by atoms with van der Waals surface area (Å²) in [6.45, 7) is 1.48. The number of hydrogen-bond donors (Lipinski definition) is 2. The molecule has 2 aromatic rings. The highest BCUT2D eigenvalue weighted by atomic mass is 16.5. The molecule has 0 unspecified atom stereocenters. The van der Waals surface area contributed by atoms with Crippen LogP contribution in [-0.2, 0) is 4.79 Å². The minimum Gasteiger partial charge on any atom is -0.497 e. The van der Waals surface area contributed by atoms with Crippen LogP contribution in [0.1, 0.15) is 22.8 Å². The summed E-state index contributed by atoms with van der Waals surface area (Å²) in [6, 6.07) is 9.99. The number of nitrogens with one attached hydrogen (secondary N) is 2. The van der Waals surface area contributed by atoms with Crippen molar-refractivity contribution in [1.29, 1.82) is 0 Å². The third kappa shape index (κ3) is 5.63. The highest BCUT2D eigenvalue weighted by Crippen LogP contribution is 2.27. The van der Waals surface area contributed by atoms with E-state index in [4.69, 9.17) is 18.9 Å². The van der Waals surface area contributed by atoms with Crippen LogP contribution >= 0.6 is 0 Å². The van der Waals surface area contributed by atoms with Gasteiger partial charge in [-0.3, -0.25) is 9.59 Å². The monoisotopic (exact) mass is 415 g/mol. The average molecular weight is 415 g/mol.